The number of aromatic nitrogens is 4. The second kappa shape index (κ2) is 52.6. The van der Waals surface area contributed by atoms with Gasteiger partial charge in [-0.25, -0.2) is 24.5 Å². The van der Waals surface area contributed by atoms with Gasteiger partial charge in [-0.15, -0.1) is 12.4 Å². The number of urea groups is 2. The number of nitrogens with one attached hydrogen (secondary N) is 5. The van der Waals surface area contributed by atoms with E-state index in [4.69, 9.17) is 38.8 Å². The Morgan fingerprint density at radius 1 is 0.547 bits per heavy atom. The molecular weight excluding hydrogens is 2120 g/mol. The minimum absolute atomic E-state index is 0. The summed E-state index contributed by atoms with van der Waals surface area (Å²) >= 11 is 5.62. The van der Waals surface area contributed by atoms with E-state index in [9.17, 15) is 93.7 Å². The van der Waals surface area contributed by atoms with E-state index in [1.807, 2.05) is 121 Å². The van der Waals surface area contributed by atoms with Crippen molar-refractivity contribution in [3.63, 3.8) is 0 Å². The second-order valence-corrected chi connectivity index (χ2v) is 34.2. The molecule has 10 heterocycles. The number of alkyl halides is 15. The number of aliphatic hydroxyl groups is 4. The van der Waals surface area contributed by atoms with Gasteiger partial charge < -0.3 is 95.9 Å². The molecule has 6 aliphatic rings. The number of aliphatic hydroxyl groups excluding tert-OH is 4. The first kappa shape index (κ1) is 114. The highest BCUT2D eigenvalue weighted by atomic mass is 127. The second-order valence-electron chi connectivity index (χ2n) is 30.5. The van der Waals surface area contributed by atoms with Crippen molar-refractivity contribution in [2.45, 2.75) is 141 Å². The van der Waals surface area contributed by atoms with Crippen molar-refractivity contribution >= 4 is 153 Å². The van der Waals surface area contributed by atoms with E-state index in [0.717, 1.165) is 96.2 Å². The molecule has 0 spiro atoms. The number of morpholine rings is 3. The normalized spacial score (nSPS) is 18.3. The van der Waals surface area contributed by atoms with Crippen LogP contribution in [-0.4, -0.2) is 261 Å². The number of carbonyl (C=O) groups is 2. The van der Waals surface area contributed by atoms with Crippen LogP contribution in [0.25, 0.3) is 11.1 Å². The van der Waals surface area contributed by atoms with Gasteiger partial charge in [-0.05, 0) is 211 Å². The fraction of sp³-hybridized carbons (Fsp3) is 0.570. The molecule has 6 fully saturated rings. The largest absolute Gasteiger partial charge is 0.495 e. The van der Waals surface area contributed by atoms with Gasteiger partial charge in [0.25, 0.3) is 0 Å². The van der Waals surface area contributed by atoms with E-state index in [1.54, 1.807) is 46.9 Å². The number of benzene rings is 2. The van der Waals surface area contributed by atoms with Gasteiger partial charge >= 0.3 is 50.1 Å². The van der Waals surface area contributed by atoms with Gasteiger partial charge in [0.2, 0.25) is 17.8 Å². The van der Waals surface area contributed by atoms with Gasteiger partial charge in [-0.1, -0.05) is 31.0 Å². The zero-order chi connectivity index (χ0) is 93.9. The summed E-state index contributed by atoms with van der Waals surface area (Å²) in [6.45, 7) is 20.0. The van der Waals surface area contributed by atoms with Crippen molar-refractivity contribution in [3.05, 3.63) is 130 Å². The first-order chi connectivity index (χ1) is 58.8. The van der Waals surface area contributed by atoms with E-state index in [0.29, 0.717) is 113 Å². The molecule has 4 aromatic heterocycles. The van der Waals surface area contributed by atoms with E-state index in [2.05, 4.69) is 76.5 Å². The summed E-state index contributed by atoms with van der Waals surface area (Å²) in [5.41, 5.74) is 9.02. The number of pyridine rings is 4. The number of carbonyl (C=O) groups excluding carboxylic acids is 2. The van der Waals surface area contributed by atoms with Crippen LogP contribution >= 0.6 is 93.7 Å². The molecule has 0 unspecified atom stereocenters. The number of rotatable bonds is 18. The van der Waals surface area contributed by atoms with Crippen LogP contribution in [0.2, 0.25) is 0 Å². The quantitative estimate of drug-likeness (QED) is 0.0165. The highest BCUT2D eigenvalue weighted by Gasteiger charge is 2.52. The lowest BCUT2D eigenvalue weighted by Crippen LogP contribution is -2.41. The van der Waals surface area contributed by atoms with Crippen LogP contribution in [0.3, 0.4) is 0 Å². The van der Waals surface area contributed by atoms with Gasteiger partial charge in [-0.2, -0.15) is 97.5 Å². The molecule has 0 bridgehead atoms. The Kier molecular flexibility index (Phi) is 47.0. The Balaban J connectivity index is 0.000000336. The molecule has 128 heavy (non-hydrogen) atoms. The molecule has 6 saturated heterocycles. The molecule has 49 heteroatoms. The molecule has 11 N–H and O–H groups in total. The summed E-state index contributed by atoms with van der Waals surface area (Å²) in [5, 5.41) is 47.8. The molecule has 25 nitrogen and oxygen atoms in total. The summed E-state index contributed by atoms with van der Waals surface area (Å²) in [5.74, 6) is -3.32. The Bertz CT molecular complexity index is 4310. The molecule has 6 aromatic rings. The fourth-order valence-corrected chi connectivity index (χ4v) is 14.2. The van der Waals surface area contributed by atoms with Crippen molar-refractivity contribution < 1.29 is 133 Å². The van der Waals surface area contributed by atoms with Gasteiger partial charge in [0.1, 0.15) is 41.4 Å². The number of ether oxygens (including phenoxy) is 3. The summed E-state index contributed by atoms with van der Waals surface area (Å²) in [4.78, 5) is 47.4. The number of nitrogens with two attached hydrogens (primary N) is 1. The van der Waals surface area contributed by atoms with Gasteiger partial charge in [0, 0.05) is 124 Å². The van der Waals surface area contributed by atoms with E-state index in [1.165, 1.54) is 11.0 Å². The van der Waals surface area contributed by atoms with Crippen LogP contribution in [0.1, 0.15) is 77.1 Å². The van der Waals surface area contributed by atoms with Gasteiger partial charge in [0.05, 0.1) is 83.2 Å². The van der Waals surface area contributed by atoms with Crippen LogP contribution in [-0.2, 0) is 29.9 Å². The van der Waals surface area contributed by atoms with Gasteiger partial charge in [-0.3, -0.25) is 0 Å². The number of halogens is 22. The van der Waals surface area contributed by atoms with Crippen LogP contribution < -0.4 is 47.6 Å². The van der Waals surface area contributed by atoms with E-state index < -0.39 is 136 Å². The predicted molar refractivity (Wildman–Crippen MR) is 480 cm³/mol. The first-order valence-corrected chi connectivity index (χ1v) is 42.8. The standard InChI is InChI=1S/C26H34F3N5O3.C20H28BF3N2O3.C13H16F3IN2O2.C8H7F4IN2O.C5H2F2IN.C4H9NO.C3H6F3NO.ClH.H2S/c1-3-18-6-7-34(15-18)25(36)30-20-5-4-17(2)21(14-20)19-12-23(31-22(16-35)26(27,28)29)32-24(13-19)33-8-10-37-11-9-33;1-13-6-7-15(10-16(13)21-28-18(2,3)19(4,5)29-21)25-17(27)26-9-8-14(12-26)11-20(22,23)24;14-13(15,16)9(8-20)5-11-6-10(17)7-12(18-11)19-1-3-21-4-2-19;9-6-1-4(13)2-7(15-6)14-5(3-16)8(10,11)12;6-4-1-3(8)2-5(7)9-4;1-3-6-4-2-5-1;4-3(5,6)2(7)1-8;;/h4-5,12-14,18,22,35H,3,6-11,15-16H2,1-2H3,(H,30,36)(H,31,32);6-7,10,14H,8-9,11-12H2,1-5H3,(H,25,27);6-7,9,20H,1-5,8H2;1-2,5,16H,3H2,(H,14,15);1-2H;5H,1-4H2;2,8H,1,7H2;1H;1H2/t18-,22+;14-;9-;5-;;;2-;;/m1000..0../s1. The molecule has 12 rings (SSSR count). The fourth-order valence-electron chi connectivity index (χ4n) is 12.5. The first-order valence-electron chi connectivity index (χ1n) is 39.5. The minimum atomic E-state index is -4.64. The number of likely N-dealkylation sites (tertiary alicyclic amines) is 2. The van der Waals surface area contributed by atoms with Crippen molar-refractivity contribution in [2.24, 2.45) is 23.5 Å². The van der Waals surface area contributed by atoms with E-state index >= 15 is 0 Å². The Morgan fingerprint density at radius 3 is 1.40 bits per heavy atom. The third kappa shape index (κ3) is 38.5. The minimum Gasteiger partial charge on any atom is -0.399 e. The molecule has 0 saturated carbocycles. The number of hydrogen-bond acceptors (Lipinski definition) is 21. The molecule has 0 aliphatic carbocycles. The zero-order valence-electron chi connectivity index (χ0n) is 70.4. The highest BCUT2D eigenvalue weighted by Crippen LogP contribution is 2.39. The number of aryl methyl sites for hydroxylation is 2. The lowest BCUT2D eigenvalue weighted by Gasteiger charge is -2.32. The SMILES string of the molecule is C1COCCN1.CC[C@@H]1CCN(C(=O)Nc2ccc(C)c(-c3cc(N[C@@H](CO)C(F)(F)F)nc(N4CCOCC4)c3)c2)C1.Cc1ccc(NC(=O)N2CC[C@@H](CC(F)(F)F)C2)cc1B1OC(C)(C)C(C)(C)O1.Cl.Fc1cc(I)cc(F)n1.N[C@@H](CO)C(F)(F)F.OC[C@H](Cc1cc(I)cc(N2CCOCC2)n1)C(F)(F)F.OC[C@H](Nc1cc(I)cc(F)n1)C(F)(F)F.S. The van der Waals surface area contributed by atoms with Crippen LogP contribution in [0.15, 0.2) is 84.9 Å². The highest BCUT2D eigenvalue weighted by molar-refractivity contribution is 14.1. The monoisotopic (exact) mass is 2230 g/mol. The molecule has 720 valence electrons. The zero-order valence-corrected chi connectivity index (χ0v) is 78.7. The maximum atomic E-state index is 13.4. The van der Waals surface area contributed by atoms with Crippen LogP contribution in [0.4, 0.5) is 123 Å². The van der Waals surface area contributed by atoms with E-state index in [-0.39, 0.29) is 56.5 Å². The molecule has 0 radical (unpaired) electrons. The molecule has 6 aliphatic heterocycles. The average molecular weight is 2230 g/mol. The Morgan fingerprint density at radius 2 is 0.992 bits per heavy atom. The lowest BCUT2D eigenvalue weighted by atomic mass is 9.76. The smallest absolute Gasteiger partial charge is 0.399 e. The summed E-state index contributed by atoms with van der Waals surface area (Å²) in [6.07, 6.45) is -21.1. The van der Waals surface area contributed by atoms with Gasteiger partial charge in [0.15, 0.2) is 0 Å². The van der Waals surface area contributed by atoms with Crippen LogP contribution in [0, 0.1) is 60.2 Å². The summed E-state index contributed by atoms with van der Waals surface area (Å²) in [7, 11) is -0.556. The van der Waals surface area contributed by atoms with Crippen molar-refractivity contribution in [2.75, 3.05) is 163 Å². The third-order valence-electron chi connectivity index (χ3n) is 20.3. The predicted octanol–water partition coefficient (Wildman–Crippen LogP) is 15.0. The number of anilines is 6. The van der Waals surface area contributed by atoms with Crippen molar-refractivity contribution in [3.8, 4) is 11.1 Å². The number of nitrogens with zero attached hydrogens (tertiary/aromatic N) is 8. The number of amides is 4. The third-order valence-corrected chi connectivity index (χ3v) is 22.1. The lowest BCUT2D eigenvalue weighted by molar-refractivity contribution is -0.183. The summed E-state index contributed by atoms with van der Waals surface area (Å²) < 4.78 is 253. The maximum Gasteiger partial charge on any atom is 0.495 e. The van der Waals surface area contributed by atoms with Crippen molar-refractivity contribution in [1.29, 1.82) is 0 Å². The molecule has 4 amide bonds. The molecule has 2 aromatic carbocycles. The Labute approximate surface area is 783 Å². The molecular formula is C79H105BClF18I3N14O11S. The number of hydrogen-bond donors (Lipinski definition) is 10. The summed E-state index contributed by atoms with van der Waals surface area (Å²) in [6, 6.07) is 15.5. The van der Waals surface area contributed by atoms with Crippen molar-refractivity contribution in [1.82, 2.24) is 35.1 Å². The average Bonchev–Trinajstić information content (AvgIpc) is 1.60. The molecule has 6 atom stereocenters. The Hall–Kier alpha value is -6.03. The topological polar surface area (TPSA) is 312 Å². The maximum absolute atomic E-state index is 13.4. The van der Waals surface area contributed by atoms with Crippen LogP contribution in [0.5, 0.6) is 0 Å².